The summed E-state index contributed by atoms with van der Waals surface area (Å²) in [4.78, 5) is 19.5. The van der Waals surface area contributed by atoms with E-state index in [9.17, 15) is 18.0 Å². The van der Waals surface area contributed by atoms with Gasteiger partial charge in [0, 0.05) is 11.7 Å². The minimum Gasteiger partial charge on any atom is -0.352 e. The monoisotopic (exact) mass is 345 g/mol. The number of aryl methyl sites for hydroxylation is 1. The Kier molecular flexibility index (Phi) is 4.53. The lowest BCUT2D eigenvalue weighted by Gasteiger charge is -2.22. The number of hydrogen-bond acceptors (Lipinski definition) is 4. The molecule has 8 heteroatoms. The molecular formula is C15H18F3N3OS. The van der Waals surface area contributed by atoms with E-state index in [1.807, 2.05) is 0 Å². The summed E-state index contributed by atoms with van der Waals surface area (Å²) in [6.45, 7) is 1.48. The zero-order valence-electron chi connectivity index (χ0n) is 12.7. The Balaban J connectivity index is 1.55. The van der Waals surface area contributed by atoms with Crippen LogP contribution in [0, 0.1) is 18.8 Å². The van der Waals surface area contributed by atoms with Crippen molar-refractivity contribution < 1.29 is 18.0 Å². The summed E-state index contributed by atoms with van der Waals surface area (Å²) in [7, 11) is 0. The van der Waals surface area contributed by atoms with E-state index in [2.05, 4.69) is 15.3 Å². The second-order valence-corrected chi connectivity index (χ2v) is 7.25. The molecule has 2 aliphatic rings. The van der Waals surface area contributed by atoms with E-state index >= 15 is 0 Å². The summed E-state index contributed by atoms with van der Waals surface area (Å²) >= 11 is 0.942. The predicted octanol–water partition coefficient (Wildman–Crippen LogP) is 3.20. The van der Waals surface area contributed by atoms with Crippen LogP contribution in [-0.4, -0.2) is 27.7 Å². The van der Waals surface area contributed by atoms with Gasteiger partial charge in [0.1, 0.15) is 5.69 Å². The first kappa shape index (κ1) is 16.5. The maximum Gasteiger partial charge on any atom is 0.433 e. The number of nitrogens with one attached hydrogen (secondary N) is 1. The maximum absolute atomic E-state index is 12.7. The molecule has 1 aromatic rings. The Morgan fingerprint density at radius 1 is 1.35 bits per heavy atom. The zero-order chi connectivity index (χ0) is 16.6. The average molecular weight is 345 g/mol. The topological polar surface area (TPSA) is 54.9 Å². The highest BCUT2D eigenvalue weighted by Gasteiger charge is 2.40. The van der Waals surface area contributed by atoms with Gasteiger partial charge in [0.2, 0.25) is 5.91 Å². The fourth-order valence-electron chi connectivity index (χ4n) is 3.55. The molecule has 23 heavy (non-hydrogen) atoms. The highest BCUT2D eigenvalue weighted by molar-refractivity contribution is 7.99. The highest BCUT2D eigenvalue weighted by Crippen LogP contribution is 2.44. The lowest BCUT2D eigenvalue weighted by atomic mass is 9.95. The number of alkyl halides is 3. The van der Waals surface area contributed by atoms with Gasteiger partial charge >= 0.3 is 6.18 Å². The predicted molar refractivity (Wildman–Crippen MR) is 79.9 cm³/mol. The number of carbonyl (C=O) groups excluding carboxylic acids is 1. The first-order chi connectivity index (χ1) is 10.8. The molecule has 3 atom stereocenters. The summed E-state index contributed by atoms with van der Waals surface area (Å²) in [6.07, 6.45) is 0.129. The summed E-state index contributed by atoms with van der Waals surface area (Å²) in [5, 5.41) is 2.99. The van der Waals surface area contributed by atoms with Gasteiger partial charge in [-0.1, -0.05) is 18.2 Å². The van der Waals surface area contributed by atoms with Crippen LogP contribution in [0.3, 0.4) is 0 Å². The normalized spacial score (nSPS) is 26.5. The molecule has 3 rings (SSSR count). The van der Waals surface area contributed by atoms with E-state index in [4.69, 9.17) is 0 Å². The maximum atomic E-state index is 12.7. The fourth-order valence-corrected chi connectivity index (χ4v) is 4.27. The Morgan fingerprint density at radius 2 is 2.13 bits per heavy atom. The zero-order valence-corrected chi connectivity index (χ0v) is 13.5. The van der Waals surface area contributed by atoms with Crippen LogP contribution in [0.25, 0.3) is 0 Å². The van der Waals surface area contributed by atoms with Gasteiger partial charge in [-0.3, -0.25) is 4.79 Å². The van der Waals surface area contributed by atoms with Crippen LogP contribution < -0.4 is 5.32 Å². The number of nitrogens with zero attached hydrogens (tertiary/aromatic N) is 2. The number of thioether (sulfide) groups is 1. The third-order valence-electron chi connectivity index (χ3n) is 4.54. The van der Waals surface area contributed by atoms with Crippen molar-refractivity contribution in [2.45, 2.75) is 50.0 Å². The number of hydrogen-bond donors (Lipinski definition) is 1. The van der Waals surface area contributed by atoms with Crippen LogP contribution in [0.1, 0.15) is 37.1 Å². The number of halogens is 3. The summed E-state index contributed by atoms with van der Waals surface area (Å²) in [5.74, 6) is 1.17. The second-order valence-electron chi connectivity index (χ2n) is 6.31. The number of amides is 1. The van der Waals surface area contributed by atoms with Gasteiger partial charge in [-0.05, 0) is 44.1 Å². The molecule has 4 nitrogen and oxygen atoms in total. The van der Waals surface area contributed by atoms with Gasteiger partial charge < -0.3 is 5.32 Å². The molecule has 1 N–H and O–H groups in total. The minimum atomic E-state index is -4.51. The second kappa shape index (κ2) is 6.30. The molecule has 0 aromatic carbocycles. The summed E-state index contributed by atoms with van der Waals surface area (Å²) in [5.41, 5.74) is -0.732. The first-order valence-electron chi connectivity index (χ1n) is 7.66. The molecule has 0 saturated heterocycles. The number of carbonyl (C=O) groups is 1. The Morgan fingerprint density at radius 3 is 2.74 bits per heavy atom. The number of rotatable bonds is 4. The van der Waals surface area contributed by atoms with Crippen LogP contribution in [-0.2, 0) is 11.0 Å². The van der Waals surface area contributed by atoms with E-state index in [0.29, 0.717) is 5.92 Å². The Hall–Kier alpha value is -1.31. The van der Waals surface area contributed by atoms with E-state index < -0.39 is 11.9 Å². The van der Waals surface area contributed by atoms with Gasteiger partial charge in [-0.2, -0.15) is 13.2 Å². The molecule has 2 saturated carbocycles. The van der Waals surface area contributed by atoms with Crippen LogP contribution in [0.5, 0.6) is 0 Å². The van der Waals surface area contributed by atoms with E-state index in [1.165, 1.54) is 26.2 Å². The minimum absolute atomic E-state index is 0.0135. The van der Waals surface area contributed by atoms with Crippen LogP contribution >= 0.6 is 11.8 Å². The van der Waals surface area contributed by atoms with Crippen LogP contribution in [0.4, 0.5) is 13.2 Å². The number of aromatic nitrogens is 2. The molecule has 1 amide bonds. The molecule has 0 unspecified atom stereocenters. The lowest BCUT2D eigenvalue weighted by Crippen LogP contribution is -2.39. The molecular weight excluding hydrogens is 327 g/mol. The van der Waals surface area contributed by atoms with Crippen molar-refractivity contribution in [3.05, 3.63) is 17.5 Å². The summed E-state index contributed by atoms with van der Waals surface area (Å²) < 4.78 is 38.2. The Bertz CT molecular complexity index is 608. The molecule has 126 valence electrons. The molecule has 0 aliphatic heterocycles. The first-order valence-corrected chi connectivity index (χ1v) is 8.65. The SMILES string of the molecule is Cc1cc(C(F)(F)F)nc(SCC(=O)N[C@H]2C[C@H]3CC[C@@H]2C3)n1. The molecule has 1 heterocycles. The third-order valence-corrected chi connectivity index (χ3v) is 5.39. The summed E-state index contributed by atoms with van der Waals surface area (Å²) in [6, 6.07) is 1.13. The van der Waals surface area contributed by atoms with Gasteiger partial charge in [-0.15, -0.1) is 0 Å². The highest BCUT2D eigenvalue weighted by atomic mass is 32.2. The van der Waals surface area contributed by atoms with Crippen molar-refractivity contribution in [1.82, 2.24) is 15.3 Å². The molecule has 2 bridgehead atoms. The van der Waals surface area contributed by atoms with Crippen LogP contribution in [0.2, 0.25) is 0 Å². The lowest BCUT2D eigenvalue weighted by molar-refractivity contribution is -0.141. The fraction of sp³-hybridized carbons (Fsp3) is 0.667. The van der Waals surface area contributed by atoms with Gasteiger partial charge in [0.15, 0.2) is 5.16 Å². The molecule has 2 fully saturated rings. The van der Waals surface area contributed by atoms with Crippen molar-refractivity contribution >= 4 is 17.7 Å². The van der Waals surface area contributed by atoms with Crippen molar-refractivity contribution in [2.24, 2.45) is 11.8 Å². The van der Waals surface area contributed by atoms with Gasteiger partial charge in [0.25, 0.3) is 0 Å². The van der Waals surface area contributed by atoms with Crippen molar-refractivity contribution in [3.63, 3.8) is 0 Å². The van der Waals surface area contributed by atoms with E-state index in [-0.39, 0.29) is 28.6 Å². The Labute approximate surface area is 136 Å². The van der Waals surface area contributed by atoms with Crippen molar-refractivity contribution in [2.75, 3.05) is 5.75 Å². The smallest absolute Gasteiger partial charge is 0.352 e. The van der Waals surface area contributed by atoms with Gasteiger partial charge in [0.05, 0.1) is 5.75 Å². The molecule has 0 radical (unpaired) electrons. The number of fused-ring (bicyclic) bond motifs is 2. The molecule has 2 aliphatic carbocycles. The van der Waals surface area contributed by atoms with E-state index in [1.54, 1.807) is 0 Å². The van der Waals surface area contributed by atoms with Crippen molar-refractivity contribution in [3.8, 4) is 0 Å². The molecule has 0 spiro atoms. The third kappa shape index (κ3) is 3.97. The molecule has 1 aromatic heterocycles. The van der Waals surface area contributed by atoms with Crippen LogP contribution in [0.15, 0.2) is 11.2 Å². The van der Waals surface area contributed by atoms with E-state index in [0.717, 1.165) is 30.2 Å². The van der Waals surface area contributed by atoms with Crippen molar-refractivity contribution in [1.29, 1.82) is 0 Å². The largest absolute Gasteiger partial charge is 0.433 e. The standard InChI is InChI=1S/C15H18F3N3OS/c1-8-4-12(15(16,17)18)21-14(19-8)23-7-13(22)20-11-6-9-2-3-10(11)5-9/h4,9-11H,2-3,5-7H2,1H3,(H,20,22)/t9-,10+,11-/m0/s1. The van der Waals surface area contributed by atoms with Gasteiger partial charge in [-0.25, -0.2) is 9.97 Å². The average Bonchev–Trinajstić information content (AvgIpc) is 3.06. The quantitative estimate of drug-likeness (QED) is 0.673.